The third kappa shape index (κ3) is 6.22. The fourth-order valence-electron chi connectivity index (χ4n) is 2.17. The molecule has 0 heterocycles. The van der Waals surface area contributed by atoms with E-state index in [1.165, 1.54) is 0 Å². The van der Waals surface area contributed by atoms with Crippen molar-refractivity contribution in [3.05, 3.63) is 65.0 Å². The molecule has 2 rings (SSSR count). The average Bonchev–Trinajstić information content (AvgIpc) is 2.58. The molecule has 0 saturated heterocycles. The summed E-state index contributed by atoms with van der Waals surface area (Å²) in [4.78, 5) is 15.6. The van der Waals surface area contributed by atoms with Crippen molar-refractivity contribution in [2.45, 2.75) is 20.0 Å². The molecule has 0 aromatic heterocycles. The number of amides is 1. The van der Waals surface area contributed by atoms with Crippen LogP contribution in [0.2, 0.25) is 0 Å². The smallest absolute Gasteiger partial charge is 0.328 e. The van der Waals surface area contributed by atoms with Crippen LogP contribution >= 0.6 is 12.4 Å². The molecular formula is C17H20ClN3O3Zn. The first-order valence-electron chi connectivity index (χ1n) is 7.46. The van der Waals surface area contributed by atoms with E-state index in [2.05, 4.69) is 10.1 Å². The van der Waals surface area contributed by atoms with E-state index in [9.17, 15) is 4.79 Å². The quantitative estimate of drug-likeness (QED) is 0.441. The Labute approximate surface area is 166 Å². The summed E-state index contributed by atoms with van der Waals surface area (Å²) in [5.41, 5.74) is 10.5. The predicted molar refractivity (Wildman–Crippen MR) is 93.0 cm³/mol. The number of nitrogens with zero attached hydrogens (tertiary/aromatic N) is 2. The molecule has 1 N–H and O–H groups in total. The molecule has 8 heteroatoms. The molecule has 1 aliphatic rings. The summed E-state index contributed by atoms with van der Waals surface area (Å²) in [5.74, 6) is 0.183. The molecule has 130 valence electrons. The molecule has 0 spiro atoms. The summed E-state index contributed by atoms with van der Waals surface area (Å²) in [7, 11) is 0. The van der Waals surface area contributed by atoms with E-state index >= 15 is 0 Å². The second-order valence-corrected chi connectivity index (χ2v) is 4.74. The van der Waals surface area contributed by atoms with Gasteiger partial charge >= 0.3 is 5.71 Å². The van der Waals surface area contributed by atoms with Gasteiger partial charge in [-0.3, -0.25) is 4.79 Å². The number of carbonyl (C=O) groups excluding carboxylic acids is 1. The molecule has 25 heavy (non-hydrogen) atoms. The molecule has 0 fully saturated rings. The van der Waals surface area contributed by atoms with Gasteiger partial charge in [-0.05, 0) is 32.1 Å². The number of carbonyl (C=O) groups is 1. The Morgan fingerprint density at radius 3 is 2.48 bits per heavy atom. The Morgan fingerprint density at radius 2 is 1.92 bits per heavy atom. The van der Waals surface area contributed by atoms with Gasteiger partial charge in [0.1, 0.15) is 5.76 Å². The van der Waals surface area contributed by atoms with E-state index in [1.54, 1.807) is 36.4 Å². The van der Waals surface area contributed by atoms with Gasteiger partial charge < -0.3 is 20.3 Å². The second-order valence-electron chi connectivity index (χ2n) is 4.74. The Morgan fingerprint density at radius 1 is 1.24 bits per heavy atom. The van der Waals surface area contributed by atoms with Gasteiger partial charge in [-0.25, -0.2) is 0 Å². The first kappa shape index (κ1) is 23.2. The van der Waals surface area contributed by atoms with Crippen molar-refractivity contribution in [1.82, 2.24) is 5.32 Å². The van der Waals surface area contributed by atoms with Gasteiger partial charge in [0.2, 0.25) is 0 Å². The van der Waals surface area contributed by atoms with Crippen molar-refractivity contribution in [2.75, 3.05) is 13.2 Å². The molecule has 1 unspecified atom stereocenters. The Balaban J connectivity index is 0.00000288. The molecule has 1 aliphatic carbocycles. The molecule has 1 atom stereocenters. The van der Waals surface area contributed by atoms with Crippen molar-refractivity contribution in [1.29, 1.82) is 0 Å². The van der Waals surface area contributed by atoms with Crippen molar-refractivity contribution >= 4 is 24.0 Å². The van der Waals surface area contributed by atoms with Crippen molar-refractivity contribution in [3.8, 4) is 0 Å². The fourth-order valence-corrected chi connectivity index (χ4v) is 2.17. The normalized spacial score (nSPS) is 15.6. The first-order valence-corrected chi connectivity index (χ1v) is 7.46. The molecule has 6 nitrogen and oxygen atoms in total. The van der Waals surface area contributed by atoms with E-state index in [0.717, 1.165) is 0 Å². The minimum absolute atomic E-state index is 0. The number of hydrogen-bond donors (Lipinski definition) is 1. The van der Waals surface area contributed by atoms with Gasteiger partial charge in [0.25, 0.3) is 5.91 Å². The Kier molecular flexibility index (Phi) is 10.9. The standard InChI is InChI=1S/C17H19N3O3.ClH.Zn/c1-3-22-15-11-14(20-18)16(23-4-2)10-13(15)19-17(21)12-8-6-5-7-9-12;;/h5-11,16H,3-4H2,1-2H3,(H,19,21);1H;. The zero-order valence-corrected chi connectivity index (χ0v) is 18.1. The van der Waals surface area contributed by atoms with Crippen molar-refractivity contribution in [3.63, 3.8) is 0 Å². The third-order valence-electron chi connectivity index (χ3n) is 3.20. The van der Waals surface area contributed by atoms with E-state index in [1.807, 2.05) is 19.9 Å². The average molecular weight is 415 g/mol. The second kappa shape index (κ2) is 11.7. The van der Waals surface area contributed by atoms with Crippen LogP contribution < -0.4 is 5.32 Å². The van der Waals surface area contributed by atoms with Crippen molar-refractivity contribution in [2.24, 2.45) is 0 Å². The summed E-state index contributed by atoms with van der Waals surface area (Å²) < 4.78 is 11.0. The summed E-state index contributed by atoms with van der Waals surface area (Å²) in [6.07, 6.45) is 2.69. The SMILES string of the molecule is CCOC1=CC(=[N+]=[N-])C(OCC)C=C1NC(=O)c1ccccc1.Cl.[Zn]. The van der Waals surface area contributed by atoms with Crippen LogP contribution in [0.1, 0.15) is 24.2 Å². The minimum atomic E-state index is -0.541. The van der Waals surface area contributed by atoms with Gasteiger partial charge in [-0.2, -0.15) is 4.79 Å². The van der Waals surface area contributed by atoms with Gasteiger partial charge in [0, 0.05) is 31.6 Å². The number of benzene rings is 1. The van der Waals surface area contributed by atoms with Crippen molar-refractivity contribution < 1.29 is 38.5 Å². The topological polar surface area (TPSA) is 84.0 Å². The molecule has 1 aromatic carbocycles. The zero-order chi connectivity index (χ0) is 16.7. The molecule has 0 radical (unpaired) electrons. The van der Waals surface area contributed by atoms with Crippen LogP contribution in [0, 0.1) is 0 Å². The van der Waals surface area contributed by atoms with E-state index in [0.29, 0.717) is 35.9 Å². The summed E-state index contributed by atoms with van der Waals surface area (Å²) in [6, 6.07) is 8.89. The molecule has 1 amide bonds. The molecule has 0 aliphatic heterocycles. The molecular weight excluding hydrogens is 395 g/mol. The van der Waals surface area contributed by atoms with Gasteiger partial charge in [0.05, 0.1) is 18.4 Å². The minimum Gasteiger partial charge on any atom is -0.491 e. The Bertz CT molecular complexity index is 686. The Hall–Kier alpha value is -1.78. The van der Waals surface area contributed by atoms with Gasteiger partial charge in [0.15, 0.2) is 6.10 Å². The van der Waals surface area contributed by atoms with Crippen LogP contribution in [0.4, 0.5) is 0 Å². The van der Waals surface area contributed by atoms with Crippen LogP contribution in [0.15, 0.2) is 53.9 Å². The summed E-state index contributed by atoms with van der Waals surface area (Å²) >= 11 is 0. The number of ether oxygens (including phenoxy) is 2. The largest absolute Gasteiger partial charge is 0.491 e. The van der Waals surface area contributed by atoms with Gasteiger partial charge in [-0.1, -0.05) is 18.2 Å². The van der Waals surface area contributed by atoms with Crippen LogP contribution in [-0.2, 0) is 29.0 Å². The predicted octanol–water partition coefficient (Wildman–Crippen LogP) is 2.73. The third-order valence-corrected chi connectivity index (χ3v) is 3.20. The molecule has 1 aromatic rings. The van der Waals surface area contributed by atoms with Crippen LogP contribution in [0.3, 0.4) is 0 Å². The zero-order valence-electron chi connectivity index (χ0n) is 14.3. The first-order chi connectivity index (χ1) is 11.2. The number of halogens is 1. The van der Waals surface area contributed by atoms with Crippen LogP contribution in [0.5, 0.6) is 0 Å². The maximum absolute atomic E-state index is 12.3. The van der Waals surface area contributed by atoms with E-state index in [4.69, 9.17) is 15.0 Å². The number of nitrogens with one attached hydrogen (secondary N) is 1. The van der Waals surface area contributed by atoms with Crippen LogP contribution in [-0.4, -0.2) is 35.7 Å². The molecule has 0 bridgehead atoms. The number of rotatable bonds is 6. The van der Waals surface area contributed by atoms with E-state index in [-0.39, 0.29) is 37.8 Å². The summed E-state index contributed by atoms with van der Waals surface area (Å²) in [6.45, 7) is 4.54. The maximum atomic E-state index is 12.3. The monoisotopic (exact) mass is 413 g/mol. The fraction of sp³-hybridized carbons (Fsp3) is 0.294. The summed E-state index contributed by atoms with van der Waals surface area (Å²) in [5, 5.41) is 2.82. The molecule has 0 saturated carbocycles. The number of hydrogen-bond acceptors (Lipinski definition) is 3. The van der Waals surface area contributed by atoms with Crippen LogP contribution in [0.25, 0.3) is 5.53 Å². The van der Waals surface area contributed by atoms with E-state index < -0.39 is 6.10 Å². The maximum Gasteiger partial charge on any atom is 0.328 e. The van der Waals surface area contributed by atoms with Gasteiger partial charge in [-0.15, -0.1) is 12.4 Å².